The van der Waals surface area contributed by atoms with Crippen LogP contribution in [-0.2, 0) is 11.3 Å². The van der Waals surface area contributed by atoms with Gasteiger partial charge in [0.15, 0.2) is 0 Å². The second-order valence-corrected chi connectivity index (χ2v) is 7.58. The van der Waals surface area contributed by atoms with E-state index in [1.807, 2.05) is 36.4 Å². The van der Waals surface area contributed by atoms with Crippen LogP contribution in [0.25, 0.3) is 6.08 Å². The van der Waals surface area contributed by atoms with Crippen molar-refractivity contribution in [3.05, 3.63) is 131 Å². The number of amides is 3. The molecule has 0 fully saturated rings. The third-order valence-corrected chi connectivity index (χ3v) is 5.05. The molecule has 3 amide bonds. The maximum Gasteiger partial charge on any atom is 0.268 e. The fraction of sp³-hybridized carbons (Fsp3) is 0.0357. The van der Waals surface area contributed by atoms with Crippen molar-refractivity contribution < 1.29 is 18.8 Å². The number of benzene rings is 3. The van der Waals surface area contributed by atoms with Crippen LogP contribution in [0.4, 0.5) is 5.69 Å². The number of carbonyl (C=O) groups excluding carboxylic acids is 3. The molecule has 7 nitrogen and oxygen atoms in total. The van der Waals surface area contributed by atoms with E-state index in [9.17, 15) is 14.4 Å². The van der Waals surface area contributed by atoms with E-state index in [-0.39, 0.29) is 18.1 Å². The molecule has 0 bridgehead atoms. The number of hydrogen-bond acceptors (Lipinski definition) is 4. The summed E-state index contributed by atoms with van der Waals surface area (Å²) in [5, 5.41) is 8.23. The minimum absolute atomic E-state index is 0.0919. The van der Waals surface area contributed by atoms with E-state index in [1.165, 1.54) is 6.26 Å². The molecule has 0 aliphatic carbocycles. The van der Waals surface area contributed by atoms with Gasteiger partial charge in [-0.15, -0.1) is 0 Å². The maximum atomic E-state index is 12.9. The van der Waals surface area contributed by atoms with Crippen molar-refractivity contribution in [3.63, 3.8) is 0 Å². The molecular formula is C28H23N3O4. The standard InChI is InChI=1S/C28H23N3O4/c32-26(21-10-5-2-6-11-21)30-23-15-13-22(14-16-23)27(33)31-25(18-20-8-3-1-4-9-20)28(34)29-19-24-12-7-17-35-24/h1-18H,19H2,(H,29,34)(H,30,32)(H,31,33)/b25-18+. The van der Waals surface area contributed by atoms with E-state index >= 15 is 0 Å². The van der Waals surface area contributed by atoms with Gasteiger partial charge in [0.05, 0.1) is 12.8 Å². The molecule has 35 heavy (non-hydrogen) atoms. The van der Waals surface area contributed by atoms with Crippen LogP contribution in [0.15, 0.2) is 113 Å². The number of hydrogen-bond donors (Lipinski definition) is 3. The topological polar surface area (TPSA) is 100 Å². The number of rotatable bonds is 8. The highest BCUT2D eigenvalue weighted by Crippen LogP contribution is 2.13. The summed E-state index contributed by atoms with van der Waals surface area (Å²) in [5.41, 5.74) is 2.27. The van der Waals surface area contributed by atoms with E-state index in [1.54, 1.807) is 66.7 Å². The fourth-order valence-electron chi connectivity index (χ4n) is 3.24. The first-order valence-electron chi connectivity index (χ1n) is 10.9. The van der Waals surface area contributed by atoms with E-state index in [4.69, 9.17) is 4.42 Å². The second-order valence-electron chi connectivity index (χ2n) is 7.58. The summed E-state index contributed by atoms with van der Waals surface area (Å²) < 4.78 is 5.25. The Hall–Kier alpha value is -4.91. The quantitative estimate of drug-likeness (QED) is 0.331. The molecule has 0 aliphatic rings. The first kappa shape index (κ1) is 23.3. The third-order valence-electron chi connectivity index (χ3n) is 5.05. The maximum absolute atomic E-state index is 12.9. The number of carbonyl (C=O) groups is 3. The SMILES string of the molecule is O=C(NCc1ccco1)/C(=C\c1ccccc1)NC(=O)c1ccc(NC(=O)c2ccccc2)cc1. The Balaban J connectivity index is 1.45. The molecule has 4 aromatic rings. The molecule has 0 atom stereocenters. The molecular weight excluding hydrogens is 442 g/mol. The monoisotopic (exact) mass is 465 g/mol. The number of furan rings is 1. The minimum atomic E-state index is -0.457. The van der Waals surface area contributed by atoms with Gasteiger partial charge in [-0.1, -0.05) is 48.5 Å². The largest absolute Gasteiger partial charge is 0.467 e. The number of nitrogens with one attached hydrogen (secondary N) is 3. The summed E-state index contributed by atoms with van der Waals surface area (Å²) in [6, 6.07) is 28.0. The smallest absolute Gasteiger partial charge is 0.268 e. The molecule has 4 rings (SSSR count). The Morgan fingerprint density at radius 3 is 2.03 bits per heavy atom. The van der Waals surface area contributed by atoms with Crippen LogP contribution in [0.1, 0.15) is 32.0 Å². The van der Waals surface area contributed by atoms with Crippen molar-refractivity contribution in [2.75, 3.05) is 5.32 Å². The van der Waals surface area contributed by atoms with E-state index in [0.29, 0.717) is 22.6 Å². The summed E-state index contributed by atoms with van der Waals surface area (Å²) in [5.74, 6) is -0.562. The highest BCUT2D eigenvalue weighted by Gasteiger charge is 2.15. The van der Waals surface area contributed by atoms with Crippen molar-refractivity contribution in [2.45, 2.75) is 6.54 Å². The zero-order valence-electron chi connectivity index (χ0n) is 18.7. The molecule has 1 heterocycles. The average Bonchev–Trinajstić information content (AvgIpc) is 3.42. The van der Waals surface area contributed by atoms with Gasteiger partial charge < -0.3 is 20.4 Å². The zero-order valence-corrected chi connectivity index (χ0v) is 18.7. The van der Waals surface area contributed by atoms with Crippen LogP contribution in [0, 0.1) is 0 Å². The van der Waals surface area contributed by atoms with Crippen LogP contribution in [0.5, 0.6) is 0 Å². The van der Waals surface area contributed by atoms with Gasteiger partial charge in [-0.25, -0.2) is 0 Å². The lowest BCUT2D eigenvalue weighted by molar-refractivity contribution is -0.118. The Kier molecular flexibility index (Phi) is 7.50. The summed E-state index contributed by atoms with van der Waals surface area (Å²) in [6.45, 7) is 0.184. The fourth-order valence-corrected chi connectivity index (χ4v) is 3.24. The van der Waals surface area contributed by atoms with Crippen LogP contribution in [0.3, 0.4) is 0 Å². The Bertz CT molecular complexity index is 1310. The van der Waals surface area contributed by atoms with Crippen molar-refractivity contribution >= 4 is 29.5 Å². The molecule has 3 aromatic carbocycles. The Morgan fingerprint density at radius 1 is 0.714 bits per heavy atom. The van der Waals surface area contributed by atoms with Gasteiger partial charge in [-0.2, -0.15) is 0 Å². The lowest BCUT2D eigenvalue weighted by atomic mass is 10.1. The summed E-state index contributed by atoms with van der Waals surface area (Å²) in [6.07, 6.45) is 3.12. The summed E-state index contributed by atoms with van der Waals surface area (Å²) in [7, 11) is 0. The molecule has 174 valence electrons. The molecule has 0 saturated carbocycles. The van der Waals surface area contributed by atoms with Gasteiger partial charge in [0, 0.05) is 16.8 Å². The Labute approximate surface area is 202 Å². The van der Waals surface area contributed by atoms with Gasteiger partial charge in [0.1, 0.15) is 11.5 Å². The first-order chi connectivity index (χ1) is 17.1. The van der Waals surface area contributed by atoms with Crippen LogP contribution >= 0.6 is 0 Å². The van der Waals surface area contributed by atoms with E-state index in [2.05, 4.69) is 16.0 Å². The Morgan fingerprint density at radius 2 is 1.37 bits per heavy atom. The number of anilines is 1. The van der Waals surface area contributed by atoms with Gasteiger partial charge in [0.25, 0.3) is 17.7 Å². The van der Waals surface area contributed by atoms with Crippen LogP contribution in [0.2, 0.25) is 0 Å². The van der Waals surface area contributed by atoms with Crippen molar-refractivity contribution in [1.82, 2.24) is 10.6 Å². The average molecular weight is 466 g/mol. The lowest BCUT2D eigenvalue weighted by Crippen LogP contribution is -2.34. The molecule has 0 spiro atoms. The molecule has 7 heteroatoms. The highest BCUT2D eigenvalue weighted by molar-refractivity contribution is 6.06. The predicted molar refractivity (Wildman–Crippen MR) is 133 cm³/mol. The highest BCUT2D eigenvalue weighted by atomic mass is 16.3. The molecule has 0 radical (unpaired) electrons. The van der Waals surface area contributed by atoms with Crippen molar-refractivity contribution in [1.29, 1.82) is 0 Å². The molecule has 0 aliphatic heterocycles. The third kappa shape index (κ3) is 6.55. The molecule has 1 aromatic heterocycles. The molecule has 0 unspecified atom stereocenters. The first-order valence-corrected chi connectivity index (χ1v) is 10.9. The second kappa shape index (κ2) is 11.3. The predicted octanol–water partition coefficient (Wildman–Crippen LogP) is 4.62. The molecule has 3 N–H and O–H groups in total. The van der Waals surface area contributed by atoms with Gasteiger partial charge in [-0.05, 0) is 60.2 Å². The van der Waals surface area contributed by atoms with Gasteiger partial charge in [-0.3, -0.25) is 14.4 Å². The van der Waals surface area contributed by atoms with E-state index < -0.39 is 11.8 Å². The zero-order chi connectivity index (χ0) is 24.5. The van der Waals surface area contributed by atoms with Crippen molar-refractivity contribution in [2.24, 2.45) is 0 Å². The summed E-state index contributed by atoms with van der Waals surface area (Å²) >= 11 is 0. The lowest BCUT2D eigenvalue weighted by Gasteiger charge is -2.11. The van der Waals surface area contributed by atoms with Crippen LogP contribution < -0.4 is 16.0 Å². The van der Waals surface area contributed by atoms with E-state index in [0.717, 1.165) is 5.56 Å². The van der Waals surface area contributed by atoms with Gasteiger partial charge >= 0.3 is 0 Å². The normalized spacial score (nSPS) is 10.9. The van der Waals surface area contributed by atoms with Gasteiger partial charge in [0.2, 0.25) is 0 Å². The van der Waals surface area contributed by atoms with Crippen molar-refractivity contribution in [3.8, 4) is 0 Å². The summed E-state index contributed by atoms with van der Waals surface area (Å²) in [4.78, 5) is 38.1. The minimum Gasteiger partial charge on any atom is -0.467 e. The van der Waals surface area contributed by atoms with Crippen LogP contribution in [-0.4, -0.2) is 17.7 Å². The molecule has 0 saturated heterocycles.